The number of hydrogen-bond acceptors (Lipinski definition) is 6. The molecule has 0 aliphatic heterocycles. The molecule has 140 valence electrons. The fraction of sp³-hybridized carbons (Fsp3) is 0.200. The van der Waals surface area contributed by atoms with Crippen LogP contribution in [0.25, 0.3) is 28.3 Å². The Kier molecular flexibility index (Phi) is 4.01. The Morgan fingerprint density at radius 3 is 2.89 bits per heavy atom. The lowest BCUT2D eigenvalue weighted by Gasteiger charge is -2.05. The Labute approximate surface area is 160 Å². The van der Waals surface area contributed by atoms with E-state index in [2.05, 4.69) is 44.3 Å². The highest BCUT2D eigenvalue weighted by Crippen LogP contribution is 2.23. The lowest BCUT2D eigenvalue weighted by Crippen LogP contribution is -1.94. The number of H-pyrrole nitrogens is 1. The molecule has 0 saturated carbocycles. The number of fused-ring (bicyclic) bond motifs is 3. The van der Waals surface area contributed by atoms with Crippen LogP contribution in [0.1, 0.15) is 24.7 Å². The molecule has 0 atom stereocenters. The van der Waals surface area contributed by atoms with Gasteiger partial charge in [-0.2, -0.15) is 5.10 Å². The van der Waals surface area contributed by atoms with Gasteiger partial charge in [0.15, 0.2) is 17.1 Å². The zero-order valence-corrected chi connectivity index (χ0v) is 15.3. The lowest BCUT2D eigenvalue weighted by molar-refractivity contribution is 0.271. The van der Waals surface area contributed by atoms with Crippen molar-refractivity contribution in [3.05, 3.63) is 60.2 Å². The summed E-state index contributed by atoms with van der Waals surface area (Å²) in [5.41, 5.74) is 2.66. The van der Waals surface area contributed by atoms with Gasteiger partial charge in [-0.25, -0.2) is 14.5 Å². The molecule has 8 nitrogen and oxygen atoms in total. The molecule has 1 N–H and O–H groups in total. The molecule has 0 radical (unpaired) electrons. The molecule has 28 heavy (non-hydrogen) atoms. The Hall–Kier alpha value is -3.68. The average molecular weight is 374 g/mol. The number of nitrogens with zero attached hydrogens (tertiary/aromatic N) is 5. The molecule has 4 aromatic heterocycles. The number of furan rings is 1. The third-order valence-electron chi connectivity index (χ3n) is 4.51. The van der Waals surface area contributed by atoms with Crippen LogP contribution in [-0.4, -0.2) is 29.8 Å². The topological polar surface area (TPSA) is 94.1 Å². The van der Waals surface area contributed by atoms with E-state index < -0.39 is 0 Å². The molecule has 4 heterocycles. The molecular formula is C20H18N6O2. The van der Waals surface area contributed by atoms with Crippen molar-refractivity contribution in [3.8, 4) is 17.3 Å². The quantitative estimate of drug-likeness (QED) is 0.486. The first-order chi connectivity index (χ1) is 13.8. The van der Waals surface area contributed by atoms with E-state index in [4.69, 9.17) is 9.15 Å². The van der Waals surface area contributed by atoms with Crippen LogP contribution in [-0.2, 0) is 13.0 Å². The van der Waals surface area contributed by atoms with Gasteiger partial charge in [-0.15, -0.1) is 5.10 Å². The van der Waals surface area contributed by atoms with Crippen molar-refractivity contribution in [3.63, 3.8) is 0 Å². The molecular weight excluding hydrogens is 356 g/mol. The van der Waals surface area contributed by atoms with Crippen LogP contribution in [0.15, 0.2) is 53.3 Å². The van der Waals surface area contributed by atoms with E-state index in [0.29, 0.717) is 35.2 Å². The minimum atomic E-state index is 0.341. The first-order valence-electron chi connectivity index (χ1n) is 9.15. The molecule has 0 spiro atoms. The maximum atomic E-state index is 5.87. The van der Waals surface area contributed by atoms with Crippen molar-refractivity contribution in [1.82, 2.24) is 29.8 Å². The van der Waals surface area contributed by atoms with Crippen LogP contribution in [0.2, 0.25) is 0 Å². The number of hydrogen-bond donors (Lipinski definition) is 1. The van der Waals surface area contributed by atoms with Crippen molar-refractivity contribution >= 4 is 16.7 Å². The van der Waals surface area contributed by atoms with Gasteiger partial charge in [0, 0.05) is 0 Å². The Morgan fingerprint density at radius 1 is 1.14 bits per heavy atom. The molecule has 0 unspecified atom stereocenters. The normalized spacial score (nSPS) is 11.5. The summed E-state index contributed by atoms with van der Waals surface area (Å²) in [5.74, 6) is 2.60. The second kappa shape index (κ2) is 6.80. The first kappa shape index (κ1) is 16.5. The molecule has 8 heteroatoms. The molecule has 0 amide bonds. The van der Waals surface area contributed by atoms with E-state index in [1.807, 2.05) is 24.3 Å². The van der Waals surface area contributed by atoms with E-state index in [0.717, 1.165) is 24.0 Å². The zero-order valence-electron chi connectivity index (χ0n) is 15.3. The minimum Gasteiger partial charge on any atom is -0.486 e. The maximum Gasteiger partial charge on any atom is 0.217 e. The van der Waals surface area contributed by atoms with Gasteiger partial charge in [-0.3, -0.25) is 5.10 Å². The van der Waals surface area contributed by atoms with Crippen LogP contribution < -0.4 is 4.74 Å². The Morgan fingerprint density at radius 2 is 2.04 bits per heavy atom. The van der Waals surface area contributed by atoms with Crippen LogP contribution >= 0.6 is 0 Å². The fourth-order valence-electron chi connectivity index (χ4n) is 3.12. The number of aryl methyl sites for hydroxylation is 1. The van der Waals surface area contributed by atoms with E-state index in [9.17, 15) is 0 Å². The summed E-state index contributed by atoms with van der Waals surface area (Å²) in [7, 11) is 0. The number of rotatable bonds is 6. The summed E-state index contributed by atoms with van der Waals surface area (Å²) in [4.78, 5) is 8.81. The fourth-order valence-corrected chi connectivity index (χ4v) is 3.12. The number of nitrogens with one attached hydrogen (secondary N) is 1. The van der Waals surface area contributed by atoms with Crippen molar-refractivity contribution in [1.29, 1.82) is 0 Å². The van der Waals surface area contributed by atoms with Gasteiger partial charge < -0.3 is 9.15 Å². The summed E-state index contributed by atoms with van der Waals surface area (Å²) in [6.45, 7) is 2.51. The molecule has 1 aromatic carbocycles. The summed E-state index contributed by atoms with van der Waals surface area (Å²) in [6, 6.07) is 11.9. The molecule has 0 aliphatic rings. The summed E-state index contributed by atoms with van der Waals surface area (Å²) in [5, 5.41) is 12.1. The smallest absolute Gasteiger partial charge is 0.217 e. The Bertz CT molecular complexity index is 1230. The highest BCUT2D eigenvalue weighted by atomic mass is 16.5. The number of aromatic nitrogens is 6. The highest BCUT2D eigenvalue weighted by Gasteiger charge is 2.14. The predicted octanol–water partition coefficient (Wildman–Crippen LogP) is 3.79. The number of ether oxygens (including phenoxy) is 1. The standard InChI is InChI=1S/C20H18N6O2/c1-2-3-13-4-6-14(7-5-13)27-11-15-8-9-17(28-15)19-23-20-16-10-22-24-18(16)21-12-26(20)25-19/h4-10,12H,2-3,11H2,1H3,(H,22,24). The largest absolute Gasteiger partial charge is 0.486 e. The summed E-state index contributed by atoms with van der Waals surface area (Å²) >= 11 is 0. The summed E-state index contributed by atoms with van der Waals surface area (Å²) < 4.78 is 13.3. The Balaban J connectivity index is 1.33. The van der Waals surface area contributed by atoms with Gasteiger partial charge in [-0.1, -0.05) is 25.5 Å². The van der Waals surface area contributed by atoms with Crippen molar-refractivity contribution < 1.29 is 9.15 Å². The third-order valence-corrected chi connectivity index (χ3v) is 4.51. The van der Waals surface area contributed by atoms with E-state index in [1.165, 1.54) is 5.56 Å². The van der Waals surface area contributed by atoms with E-state index in [1.54, 1.807) is 17.0 Å². The van der Waals surface area contributed by atoms with E-state index in [-0.39, 0.29) is 0 Å². The van der Waals surface area contributed by atoms with Gasteiger partial charge in [-0.05, 0) is 36.2 Å². The third kappa shape index (κ3) is 2.98. The number of benzene rings is 1. The van der Waals surface area contributed by atoms with Crippen LogP contribution in [0.3, 0.4) is 0 Å². The van der Waals surface area contributed by atoms with Crippen molar-refractivity contribution in [2.45, 2.75) is 26.4 Å². The van der Waals surface area contributed by atoms with Gasteiger partial charge in [0.2, 0.25) is 5.82 Å². The molecule has 5 rings (SSSR count). The average Bonchev–Trinajstić information content (AvgIpc) is 3.45. The minimum absolute atomic E-state index is 0.341. The van der Waals surface area contributed by atoms with Crippen LogP contribution in [0.5, 0.6) is 5.75 Å². The SMILES string of the molecule is CCCc1ccc(OCc2ccc(-c3nc4c5cn[nH]c5ncn4n3)o2)cc1. The van der Waals surface area contributed by atoms with Crippen molar-refractivity contribution in [2.24, 2.45) is 0 Å². The van der Waals surface area contributed by atoms with E-state index >= 15 is 0 Å². The van der Waals surface area contributed by atoms with Gasteiger partial charge in [0.25, 0.3) is 0 Å². The first-order valence-corrected chi connectivity index (χ1v) is 9.15. The summed E-state index contributed by atoms with van der Waals surface area (Å²) in [6.07, 6.45) is 5.49. The second-order valence-corrected chi connectivity index (χ2v) is 6.53. The molecule has 0 saturated heterocycles. The van der Waals surface area contributed by atoms with Gasteiger partial charge in [0.1, 0.15) is 24.4 Å². The van der Waals surface area contributed by atoms with Crippen LogP contribution in [0.4, 0.5) is 0 Å². The van der Waals surface area contributed by atoms with Gasteiger partial charge >= 0.3 is 0 Å². The lowest BCUT2D eigenvalue weighted by atomic mass is 10.1. The van der Waals surface area contributed by atoms with Crippen molar-refractivity contribution in [2.75, 3.05) is 0 Å². The predicted molar refractivity (Wildman–Crippen MR) is 103 cm³/mol. The molecule has 0 fully saturated rings. The zero-order chi connectivity index (χ0) is 18.9. The monoisotopic (exact) mass is 374 g/mol. The number of aromatic amines is 1. The second-order valence-electron chi connectivity index (χ2n) is 6.53. The molecule has 0 bridgehead atoms. The molecule has 5 aromatic rings. The van der Waals surface area contributed by atoms with Crippen LogP contribution in [0, 0.1) is 0 Å². The maximum absolute atomic E-state index is 5.87. The molecule has 0 aliphatic carbocycles. The highest BCUT2D eigenvalue weighted by molar-refractivity contribution is 5.88. The van der Waals surface area contributed by atoms with Gasteiger partial charge in [0.05, 0.1) is 11.6 Å².